The summed E-state index contributed by atoms with van der Waals surface area (Å²) in [5.41, 5.74) is 0.675. The molecule has 4 heteroatoms. The largest absolute Gasteiger partial charge is 0.489 e. The zero-order valence-electron chi connectivity index (χ0n) is 9.40. The fourth-order valence-corrected chi connectivity index (χ4v) is 1.46. The van der Waals surface area contributed by atoms with E-state index in [-0.39, 0.29) is 12.2 Å². The molecule has 2 nitrogen and oxygen atoms in total. The van der Waals surface area contributed by atoms with E-state index in [9.17, 15) is 13.6 Å². The van der Waals surface area contributed by atoms with Crippen molar-refractivity contribution in [3.05, 3.63) is 65.2 Å². The molecule has 18 heavy (non-hydrogen) atoms. The molecular weight excluding hydrogens is 238 g/mol. The molecule has 2 rings (SSSR count). The summed E-state index contributed by atoms with van der Waals surface area (Å²) in [6.45, 7) is -0.0654. The zero-order chi connectivity index (χ0) is 13.0. The molecule has 0 amide bonds. The topological polar surface area (TPSA) is 26.3 Å². The van der Waals surface area contributed by atoms with Gasteiger partial charge in [-0.05, 0) is 42.5 Å². The molecule has 0 aliphatic heterocycles. The van der Waals surface area contributed by atoms with E-state index < -0.39 is 11.6 Å². The predicted octanol–water partition coefficient (Wildman–Crippen LogP) is 3.36. The molecule has 0 aliphatic rings. The molecule has 2 aromatic rings. The minimum Gasteiger partial charge on any atom is -0.489 e. The lowest BCUT2D eigenvalue weighted by atomic mass is 10.2. The quantitative estimate of drug-likeness (QED) is 0.775. The highest BCUT2D eigenvalue weighted by molar-refractivity contribution is 5.74. The minimum atomic E-state index is -0.513. The maximum atomic E-state index is 13.3. The van der Waals surface area contributed by atoms with E-state index >= 15 is 0 Å². The molecule has 0 bridgehead atoms. The van der Waals surface area contributed by atoms with Crippen molar-refractivity contribution < 1.29 is 18.3 Å². The molecule has 0 N–H and O–H groups in total. The third kappa shape index (κ3) is 2.91. The highest BCUT2D eigenvalue weighted by Gasteiger charge is 2.04. The van der Waals surface area contributed by atoms with Crippen LogP contribution in [0.4, 0.5) is 8.78 Å². The third-order valence-corrected chi connectivity index (χ3v) is 2.42. The van der Waals surface area contributed by atoms with Gasteiger partial charge in [0.25, 0.3) is 0 Å². The number of hydrogen-bond donors (Lipinski definition) is 0. The first-order valence-electron chi connectivity index (χ1n) is 5.31. The Bertz CT molecular complexity index is 550. The van der Waals surface area contributed by atoms with E-state index in [4.69, 9.17) is 4.74 Å². The molecule has 92 valence electrons. The van der Waals surface area contributed by atoms with Gasteiger partial charge in [-0.15, -0.1) is 0 Å². The summed E-state index contributed by atoms with van der Waals surface area (Å²) in [5, 5.41) is 0. The van der Waals surface area contributed by atoms with Crippen molar-refractivity contribution >= 4 is 6.29 Å². The summed E-state index contributed by atoms with van der Waals surface area (Å²) >= 11 is 0. The SMILES string of the molecule is O=Cc1ccc(OCc2cc(F)ccc2F)cc1. The first-order chi connectivity index (χ1) is 8.69. The Hall–Kier alpha value is -2.23. The molecule has 0 heterocycles. The lowest BCUT2D eigenvalue weighted by Gasteiger charge is -2.07. The lowest BCUT2D eigenvalue weighted by molar-refractivity contribution is 0.112. The van der Waals surface area contributed by atoms with Gasteiger partial charge in [0.15, 0.2) is 0 Å². The van der Waals surface area contributed by atoms with Crippen molar-refractivity contribution in [3.8, 4) is 5.75 Å². The fraction of sp³-hybridized carbons (Fsp3) is 0.0714. The van der Waals surface area contributed by atoms with Crippen LogP contribution in [0.2, 0.25) is 0 Å². The van der Waals surface area contributed by atoms with Gasteiger partial charge in [-0.1, -0.05) is 0 Å². The first-order valence-corrected chi connectivity index (χ1v) is 5.31. The van der Waals surface area contributed by atoms with Crippen LogP contribution in [-0.4, -0.2) is 6.29 Å². The van der Waals surface area contributed by atoms with Gasteiger partial charge in [-0.2, -0.15) is 0 Å². The van der Waals surface area contributed by atoms with Crippen LogP contribution in [0.1, 0.15) is 15.9 Å². The number of carbonyl (C=O) groups is 1. The summed E-state index contributed by atoms with van der Waals surface area (Å²) in [7, 11) is 0. The standard InChI is InChI=1S/C14H10F2O2/c15-12-3-6-14(16)11(7-12)9-18-13-4-1-10(8-17)2-5-13/h1-8H,9H2. The van der Waals surface area contributed by atoms with E-state index in [2.05, 4.69) is 0 Å². The van der Waals surface area contributed by atoms with Crippen molar-refractivity contribution in [2.45, 2.75) is 6.61 Å². The van der Waals surface area contributed by atoms with Crippen molar-refractivity contribution in [2.75, 3.05) is 0 Å². The number of ether oxygens (including phenoxy) is 1. The third-order valence-electron chi connectivity index (χ3n) is 2.42. The van der Waals surface area contributed by atoms with Gasteiger partial charge in [0, 0.05) is 11.1 Å². The van der Waals surface area contributed by atoms with E-state index in [1.807, 2.05) is 0 Å². The Labute approximate surface area is 103 Å². The van der Waals surface area contributed by atoms with E-state index in [1.54, 1.807) is 24.3 Å². The summed E-state index contributed by atoms with van der Waals surface area (Å²) in [6, 6.07) is 9.58. The van der Waals surface area contributed by atoms with Crippen LogP contribution in [0.5, 0.6) is 5.75 Å². The average molecular weight is 248 g/mol. The molecule has 0 aromatic heterocycles. The second kappa shape index (κ2) is 5.40. The molecule has 0 radical (unpaired) electrons. The molecular formula is C14H10F2O2. The number of aldehydes is 1. The van der Waals surface area contributed by atoms with Crippen LogP contribution in [-0.2, 0) is 6.61 Å². The minimum absolute atomic E-state index is 0.0654. The Balaban J connectivity index is 2.06. The molecule has 0 atom stereocenters. The number of hydrogen-bond acceptors (Lipinski definition) is 2. The van der Waals surface area contributed by atoms with Gasteiger partial charge in [0.2, 0.25) is 0 Å². The summed E-state index contributed by atoms with van der Waals surface area (Å²) in [4.78, 5) is 10.4. The molecule has 2 aromatic carbocycles. The Morgan fingerprint density at radius 3 is 2.44 bits per heavy atom. The van der Waals surface area contributed by atoms with Gasteiger partial charge in [0.1, 0.15) is 30.3 Å². The summed E-state index contributed by atoms with van der Waals surface area (Å²) < 4.78 is 31.5. The summed E-state index contributed by atoms with van der Waals surface area (Å²) in [6.07, 6.45) is 0.718. The zero-order valence-corrected chi connectivity index (χ0v) is 9.40. The normalized spacial score (nSPS) is 10.1. The van der Waals surface area contributed by atoms with Gasteiger partial charge >= 0.3 is 0 Å². The Morgan fingerprint density at radius 2 is 1.78 bits per heavy atom. The monoisotopic (exact) mass is 248 g/mol. The summed E-state index contributed by atoms with van der Waals surface area (Å²) in [5.74, 6) is -0.531. The highest BCUT2D eigenvalue weighted by atomic mass is 19.1. The maximum absolute atomic E-state index is 13.3. The van der Waals surface area contributed by atoms with Crippen LogP contribution < -0.4 is 4.74 Å². The molecule has 0 spiro atoms. The first kappa shape index (κ1) is 12.2. The molecule has 0 saturated heterocycles. The Kier molecular flexibility index (Phi) is 3.67. The van der Waals surface area contributed by atoms with E-state index in [0.29, 0.717) is 11.3 Å². The highest BCUT2D eigenvalue weighted by Crippen LogP contribution is 2.15. The predicted molar refractivity (Wildman–Crippen MR) is 62.5 cm³/mol. The van der Waals surface area contributed by atoms with Crippen LogP contribution >= 0.6 is 0 Å². The number of carbonyl (C=O) groups excluding carboxylic acids is 1. The van der Waals surface area contributed by atoms with Crippen molar-refractivity contribution in [1.82, 2.24) is 0 Å². The number of benzene rings is 2. The van der Waals surface area contributed by atoms with E-state index in [1.165, 1.54) is 0 Å². The van der Waals surface area contributed by atoms with Crippen LogP contribution in [0.25, 0.3) is 0 Å². The average Bonchev–Trinajstić information content (AvgIpc) is 2.40. The number of rotatable bonds is 4. The van der Waals surface area contributed by atoms with Gasteiger partial charge in [-0.25, -0.2) is 8.78 Å². The smallest absolute Gasteiger partial charge is 0.150 e. The van der Waals surface area contributed by atoms with Gasteiger partial charge in [-0.3, -0.25) is 4.79 Å². The van der Waals surface area contributed by atoms with Gasteiger partial charge in [0.05, 0.1) is 0 Å². The van der Waals surface area contributed by atoms with Crippen LogP contribution in [0.3, 0.4) is 0 Å². The van der Waals surface area contributed by atoms with Crippen LogP contribution in [0, 0.1) is 11.6 Å². The van der Waals surface area contributed by atoms with Crippen molar-refractivity contribution in [1.29, 1.82) is 0 Å². The number of halogens is 2. The molecule has 0 aliphatic carbocycles. The molecule has 0 unspecified atom stereocenters. The molecule has 0 saturated carbocycles. The lowest BCUT2D eigenvalue weighted by Crippen LogP contribution is -1.99. The second-order valence-electron chi connectivity index (χ2n) is 3.71. The van der Waals surface area contributed by atoms with Crippen LogP contribution in [0.15, 0.2) is 42.5 Å². The van der Waals surface area contributed by atoms with Crippen molar-refractivity contribution in [2.24, 2.45) is 0 Å². The molecule has 0 fully saturated rings. The Morgan fingerprint density at radius 1 is 1.06 bits per heavy atom. The van der Waals surface area contributed by atoms with E-state index in [0.717, 1.165) is 24.5 Å². The van der Waals surface area contributed by atoms with Gasteiger partial charge < -0.3 is 4.74 Å². The second-order valence-corrected chi connectivity index (χ2v) is 3.71. The fourth-order valence-electron chi connectivity index (χ4n) is 1.46. The maximum Gasteiger partial charge on any atom is 0.150 e. The van der Waals surface area contributed by atoms with Crippen molar-refractivity contribution in [3.63, 3.8) is 0 Å².